The normalized spacial score (nSPS) is 11.6. The third kappa shape index (κ3) is 6.51. The molecule has 1 atom stereocenters. The number of Topliss-reactive ketones (excluding diaryl/α,β-unsaturated/α-hetero) is 2. The first kappa shape index (κ1) is 22.3. The van der Waals surface area contributed by atoms with Crippen LogP contribution in [0.3, 0.4) is 0 Å². The third-order valence-electron chi connectivity index (χ3n) is 4.57. The molecule has 1 unspecified atom stereocenters. The summed E-state index contributed by atoms with van der Waals surface area (Å²) in [6.07, 6.45) is 0.780. The van der Waals surface area contributed by atoms with E-state index in [-0.39, 0.29) is 37.6 Å². The number of nitrogens with one attached hydrogen (secondary N) is 1. The van der Waals surface area contributed by atoms with Gasteiger partial charge in [0.05, 0.1) is 12.5 Å². The van der Waals surface area contributed by atoms with Crippen LogP contribution in [0.25, 0.3) is 11.1 Å². The van der Waals surface area contributed by atoms with E-state index in [0.29, 0.717) is 17.7 Å². The molecule has 0 spiro atoms. The summed E-state index contributed by atoms with van der Waals surface area (Å²) in [4.78, 5) is 35.3. The molecule has 0 aliphatic rings. The molecule has 0 aromatic heterocycles. The van der Waals surface area contributed by atoms with E-state index in [0.717, 1.165) is 11.1 Å². The maximum atomic E-state index is 12.4. The third-order valence-corrected chi connectivity index (χ3v) is 4.57. The van der Waals surface area contributed by atoms with Crippen molar-refractivity contribution in [3.05, 3.63) is 54.1 Å². The van der Waals surface area contributed by atoms with Gasteiger partial charge in [-0.2, -0.15) is 0 Å². The highest BCUT2D eigenvalue weighted by molar-refractivity contribution is 6.00. The maximum absolute atomic E-state index is 12.4. The highest BCUT2D eigenvalue weighted by Gasteiger charge is 2.22. The van der Waals surface area contributed by atoms with E-state index in [4.69, 9.17) is 15.1 Å². The van der Waals surface area contributed by atoms with Crippen LogP contribution in [0.5, 0.6) is 5.75 Å². The maximum Gasteiger partial charge on any atom is 0.253 e. The molecule has 154 valence electrons. The number of ketones is 2. The van der Waals surface area contributed by atoms with Crippen LogP contribution < -0.4 is 10.2 Å². The Kier molecular flexibility index (Phi) is 8.51. The topological polar surface area (TPSA) is 113 Å². The van der Waals surface area contributed by atoms with Crippen LogP contribution in [0.4, 0.5) is 0 Å². The molecule has 0 aliphatic heterocycles. The average Bonchev–Trinajstić information content (AvgIpc) is 2.75. The molecular formula is C22H25NO6. The number of aliphatic hydroxyl groups excluding tert-OH is 1. The van der Waals surface area contributed by atoms with Crippen molar-refractivity contribution in [1.82, 2.24) is 5.48 Å². The van der Waals surface area contributed by atoms with Gasteiger partial charge in [0.25, 0.3) is 5.91 Å². The molecular weight excluding hydrogens is 374 g/mol. The van der Waals surface area contributed by atoms with Crippen molar-refractivity contribution in [2.24, 2.45) is 5.92 Å². The lowest BCUT2D eigenvalue weighted by molar-refractivity contribution is -0.139. The molecule has 2 aromatic carbocycles. The predicted molar refractivity (Wildman–Crippen MR) is 107 cm³/mol. The van der Waals surface area contributed by atoms with Crippen molar-refractivity contribution in [3.63, 3.8) is 0 Å². The Hall–Kier alpha value is -3.03. The SMILES string of the molecule is CC(=O)C(CCCC(=O)c1ccc(-c2ccc(OCCO)cc2)cc1)C(=O)NO. The van der Waals surface area contributed by atoms with Gasteiger partial charge in [0.15, 0.2) is 5.78 Å². The number of carbonyl (C=O) groups is 3. The number of hydroxylamine groups is 1. The number of rotatable bonds is 11. The molecule has 2 aromatic rings. The van der Waals surface area contributed by atoms with Crippen molar-refractivity contribution in [2.75, 3.05) is 13.2 Å². The van der Waals surface area contributed by atoms with Crippen LogP contribution in [0.15, 0.2) is 48.5 Å². The standard InChI is InChI=1S/C22H25NO6/c1-15(25)20(22(27)23-28)3-2-4-21(26)18-7-5-16(6-8-18)17-9-11-19(12-10-17)29-14-13-24/h5-12,20,24,28H,2-4,13-14H2,1H3,(H,23,27). The second-order valence-corrected chi connectivity index (χ2v) is 6.63. The van der Waals surface area contributed by atoms with E-state index in [1.165, 1.54) is 12.4 Å². The Morgan fingerprint density at radius 1 is 1.00 bits per heavy atom. The number of amides is 1. The lowest BCUT2D eigenvalue weighted by Gasteiger charge is -2.11. The Labute approximate surface area is 169 Å². The van der Waals surface area contributed by atoms with Gasteiger partial charge < -0.3 is 9.84 Å². The molecule has 7 heteroatoms. The largest absolute Gasteiger partial charge is 0.491 e. The average molecular weight is 399 g/mol. The van der Waals surface area contributed by atoms with Gasteiger partial charge >= 0.3 is 0 Å². The smallest absolute Gasteiger partial charge is 0.253 e. The highest BCUT2D eigenvalue weighted by Crippen LogP contribution is 2.23. The molecule has 0 fully saturated rings. The van der Waals surface area contributed by atoms with Crippen LogP contribution >= 0.6 is 0 Å². The lowest BCUT2D eigenvalue weighted by Crippen LogP contribution is -2.32. The molecule has 7 nitrogen and oxygen atoms in total. The first-order valence-corrected chi connectivity index (χ1v) is 9.38. The fourth-order valence-corrected chi connectivity index (χ4v) is 2.96. The first-order chi connectivity index (χ1) is 14.0. The van der Waals surface area contributed by atoms with E-state index >= 15 is 0 Å². The number of hydrogen-bond donors (Lipinski definition) is 3. The van der Waals surface area contributed by atoms with E-state index in [1.807, 2.05) is 36.4 Å². The van der Waals surface area contributed by atoms with Gasteiger partial charge in [0.2, 0.25) is 0 Å². The summed E-state index contributed by atoms with van der Waals surface area (Å²) in [5, 5.41) is 17.5. The number of hydrogen-bond acceptors (Lipinski definition) is 6. The van der Waals surface area contributed by atoms with Crippen molar-refractivity contribution in [2.45, 2.75) is 26.2 Å². The fourth-order valence-electron chi connectivity index (χ4n) is 2.96. The van der Waals surface area contributed by atoms with Crippen LogP contribution in [-0.2, 0) is 9.59 Å². The first-order valence-electron chi connectivity index (χ1n) is 9.38. The molecule has 3 N–H and O–H groups in total. The molecule has 0 aliphatic carbocycles. The summed E-state index contributed by atoms with van der Waals surface area (Å²) in [7, 11) is 0. The van der Waals surface area contributed by atoms with Gasteiger partial charge in [0, 0.05) is 12.0 Å². The van der Waals surface area contributed by atoms with Gasteiger partial charge in [-0.05, 0) is 43.0 Å². The summed E-state index contributed by atoms with van der Waals surface area (Å²) >= 11 is 0. The second-order valence-electron chi connectivity index (χ2n) is 6.63. The number of carbonyl (C=O) groups excluding carboxylic acids is 3. The van der Waals surface area contributed by atoms with E-state index in [2.05, 4.69) is 0 Å². The highest BCUT2D eigenvalue weighted by atomic mass is 16.5. The van der Waals surface area contributed by atoms with Gasteiger partial charge in [-0.15, -0.1) is 0 Å². The fraction of sp³-hybridized carbons (Fsp3) is 0.318. The Morgan fingerprint density at radius 2 is 1.59 bits per heavy atom. The zero-order chi connectivity index (χ0) is 21.2. The Bertz CT molecular complexity index is 829. The Morgan fingerprint density at radius 3 is 2.10 bits per heavy atom. The molecule has 0 saturated heterocycles. The number of benzene rings is 2. The van der Waals surface area contributed by atoms with Crippen molar-refractivity contribution < 1.29 is 29.4 Å². The van der Waals surface area contributed by atoms with Crippen LogP contribution in [0.2, 0.25) is 0 Å². The summed E-state index contributed by atoms with van der Waals surface area (Å²) in [5.41, 5.74) is 3.97. The van der Waals surface area contributed by atoms with Crippen molar-refractivity contribution in [1.29, 1.82) is 0 Å². The molecule has 0 radical (unpaired) electrons. The summed E-state index contributed by atoms with van der Waals surface area (Å²) in [6.45, 7) is 1.49. The molecule has 0 saturated carbocycles. The van der Waals surface area contributed by atoms with E-state index in [1.54, 1.807) is 12.1 Å². The zero-order valence-corrected chi connectivity index (χ0v) is 16.3. The van der Waals surface area contributed by atoms with E-state index < -0.39 is 11.8 Å². The molecule has 2 rings (SSSR count). The summed E-state index contributed by atoms with van der Waals surface area (Å²) < 4.78 is 5.33. The van der Waals surface area contributed by atoms with Crippen molar-refractivity contribution >= 4 is 17.5 Å². The molecule has 0 bridgehead atoms. The second kappa shape index (κ2) is 11.1. The van der Waals surface area contributed by atoms with Gasteiger partial charge in [-0.25, -0.2) is 5.48 Å². The van der Waals surface area contributed by atoms with Crippen LogP contribution in [-0.4, -0.2) is 41.0 Å². The number of aliphatic hydroxyl groups is 1. The minimum atomic E-state index is -0.945. The van der Waals surface area contributed by atoms with Gasteiger partial charge in [-0.1, -0.05) is 36.4 Å². The minimum Gasteiger partial charge on any atom is -0.491 e. The monoisotopic (exact) mass is 399 g/mol. The van der Waals surface area contributed by atoms with Gasteiger partial charge in [0.1, 0.15) is 18.1 Å². The van der Waals surface area contributed by atoms with E-state index in [9.17, 15) is 14.4 Å². The Balaban J connectivity index is 1.93. The molecule has 0 heterocycles. The minimum absolute atomic E-state index is 0.0404. The zero-order valence-electron chi connectivity index (χ0n) is 16.3. The summed E-state index contributed by atoms with van der Waals surface area (Å²) in [6, 6.07) is 14.6. The van der Waals surface area contributed by atoms with Crippen molar-refractivity contribution in [3.8, 4) is 16.9 Å². The van der Waals surface area contributed by atoms with Crippen LogP contribution in [0.1, 0.15) is 36.5 Å². The van der Waals surface area contributed by atoms with Crippen LogP contribution in [0, 0.1) is 5.92 Å². The van der Waals surface area contributed by atoms with Gasteiger partial charge in [-0.3, -0.25) is 19.6 Å². The number of ether oxygens (including phenoxy) is 1. The lowest BCUT2D eigenvalue weighted by atomic mass is 9.95. The molecule has 29 heavy (non-hydrogen) atoms. The quantitative estimate of drug-likeness (QED) is 0.232. The molecule has 1 amide bonds. The predicted octanol–water partition coefficient (Wildman–Crippen LogP) is 2.79. The summed E-state index contributed by atoms with van der Waals surface area (Å²) in [5.74, 6) is -1.44.